The molecule has 3 heterocycles. The van der Waals surface area contributed by atoms with E-state index in [1.54, 1.807) is 16.8 Å². The van der Waals surface area contributed by atoms with Crippen molar-refractivity contribution in [1.29, 1.82) is 0 Å². The van der Waals surface area contributed by atoms with Crippen LogP contribution < -0.4 is 5.56 Å². The predicted molar refractivity (Wildman–Crippen MR) is 152 cm³/mol. The van der Waals surface area contributed by atoms with Crippen molar-refractivity contribution in [3.8, 4) is 0 Å². The highest BCUT2D eigenvalue weighted by Gasteiger charge is 2.33. The molecule has 0 aliphatic carbocycles. The molecule has 0 bridgehead atoms. The van der Waals surface area contributed by atoms with E-state index in [2.05, 4.69) is 73.6 Å². The second-order valence-electron chi connectivity index (χ2n) is 10.6. The Balaban J connectivity index is 1.36. The molecule has 2 aromatic heterocycles. The maximum absolute atomic E-state index is 13.7. The molecule has 1 fully saturated rings. The third-order valence-corrected chi connectivity index (χ3v) is 7.69. The second-order valence-corrected chi connectivity index (χ2v) is 10.6. The number of aryl methyl sites for hydroxylation is 2. The molecule has 1 atom stereocenters. The summed E-state index contributed by atoms with van der Waals surface area (Å²) in [7, 11) is 0. The molecule has 0 radical (unpaired) electrons. The third kappa shape index (κ3) is 5.43. The van der Waals surface area contributed by atoms with Crippen molar-refractivity contribution in [2.45, 2.75) is 33.0 Å². The first-order valence-electron chi connectivity index (χ1n) is 13.6. The van der Waals surface area contributed by atoms with Gasteiger partial charge in [0, 0.05) is 38.3 Å². The minimum absolute atomic E-state index is 0.146. The van der Waals surface area contributed by atoms with Gasteiger partial charge in [-0.1, -0.05) is 54.1 Å². The first-order valence-corrected chi connectivity index (χ1v) is 13.6. The number of fused-ring (bicyclic) bond motifs is 1. The molecule has 9 heteroatoms. The van der Waals surface area contributed by atoms with Gasteiger partial charge in [0.2, 0.25) is 0 Å². The van der Waals surface area contributed by atoms with Gasteiger partial charge in [0.25, 0.3) is 5.56 Å². The van der Waals surface area contributed by atoms with Crippen LogP contribution in [0.2, 0.25) is 0 Å². The standard InChI is InChI=1S/C31H32FN7O/c1-21-16-22(2)28-25(17-21)18-27(31(40)33-28)29(30-34-35-36-39(30)20-24-8-10-26(32)11-9-24)38-14-12-37(13-15-38)19-23-6-4-3-5-7-23/h3-11,16-18,29H,12-15,19-20H2,1-2H3,(H,33,40). The number of piperazine rings is 1. The van der Waals surface area contributed by atoms with Crippen LogP contribution in [0.15, 0.2) is 77.6 Å². The van der Waals surface area contributed by atoms with Gasteiger partial charge in [-0.25, -0.2) is 9.07 Å². The Kier molecular flexibility index (Phi) is 7.23. The zero-order valence-corrected chi connectivity index (χ0v) is 22.7. The molecule has 1 aliphatic rings. The van der Waals surface area contributed by atoms with Crippen LogP contribution in [0.1, 0.15) is 39.7 Å². The van der Waals surface area contributed by atoms with Crippen molar-refractivity contribution in [3.63, 3.8) is 0 Å². The summed E-state index contributed by atoms with van der Waals surface area (Å²) in [4.78, 5) is 21.5. The van der Waals surface area contributed by atoms with Gasteiger partial charge in [-0.2, -0.15) is 0 Å². The maximum atomic E-state index is 13.7. The lowest BCUT2D eigenvalue weighted by atomic mass is 10.00. The number of H-pyrrole nitrogens is 1. The van der Waals surface area contributed by atoms with E-state index in [0.717, 1.165) is 60.3 Å². The summed E-state index contributed by atoms with van der Waals surface area (Å²) in [5.41, 5.74) is 5.64. The summed E-state index contributed by atoms with van der Waals surface area (Å²) in [5.74, 6) is 0.301. The maximum Gasteiger partial charge on any atom is 0.253 e. The van der Waals surface area contributed by atoms with E-state index in [0.29, 0.717) is 17.9 Å². The fourth-order valence-corrected chi connectivity index (χ4v) is 5.71. The fraction of sp³-hybridized carbons (Fsp3) is 0.290. The van der Waals surface area contributed by atoms with E-state index in [1.807, 2.05) is 19.1 Å². The zero-order valence-electron chi connectivity index (χ0n) is 22.7. The number of aromatic amines is 1. The van der Waals surface area contributed by atoms with Crippen LogP contribution in [0.25, 0.3) is 10.9 Å². The molecule has 6 rings (SSSR count). The lowest BCUT2D eigenvalue weighted by Gasteiger charge is -2.38. The number of tetrazole rings is 1. The summed E-state index contributed by atoms with van der Waals surface area (Å²) >= 11 is 0. The number of rotatable bonds is 7. The summed E-state index contributed by atoms with van der Waals surface area (Å²) in [6.07, 6.45) is 0. The summed E-state index contributed by atoms with van der Waals surface area (Å²) in [5, 5.41) is 13.7. The predicted octanol–water partition coefficient (Wildman–Crippen LogP) is 4.23. The highest BCUT2D eigenvalue weighted by molar-refractivity contribution is 5.83. The molecule has 0 saturated carbocycles. The topological polar surface area (TPSA) is 82.9 Å². The molecule has 1 N–H and O–H groups in total. The van der Waals surface area contributed by atoms with Crippen LogP contribution in [0, 0.1) is 19.7 Å². The quantitative estimate of drug-likeness (QED) is 0.335. The largest absolute Gasteiger partial charge is 0.321 e. The Morgan fingerprint density at radius 1 is 0.900 bits per heavy atom. The lowest BCUT2D eigenvalue weighted by molar-refractivity contribution is 0.0998. The number of hydrogen-bond donors (Lipinski definition) is 1. The SMILES string of the molecule is Cc1cc(C)c2[nH]c(=O)c(C(c3nnnn3Cc3ccc(F)cc3)N3CCN(Cc4ccccc4)CC3)cc2c1. The molecule has 8 nitrogen and oxygen atoms in total. The van der Waals surface area contributed by atoms with Crippen molar-refractivity contribution in [2.75, 3.05) is 26.2 Å². The molecule has 40 heavy (non-hydrogen) atoms. The number of pyridine rings is 1. The fourth-order valence-electron chi connectivity index (χ4n) is 5.71. The van der Waals surface area contributed by atoms with Gasteiger partial charge in [0.05, 0.1) is 12.1 Å². The van der Waals surface area contributed by atoms with E-state index >= 15 is 0 Å². The van der Waals surface area contributed by atoms with Crippen LogP contribution in [0.5, 0.6) is 0 Å². The number of halogens is 1. The highest BCUT2D eigenvalue weighted by atomic mass is 19.1. The van der Waals surface area contributed by atoms with E-state index in [9.17, 15) is 9.18 Å². The number of benzene rings is 3. The van der Waals surface area contributed by atoms with E-state index in [-0.39, 0.29) is 11.4 Å². The van der Waals surface area contributed by atoms with Crippen LogP contribution in [0.3, 0.4) is 0 Å². The van der Waals surface area contributed by atoms with Gasteiger partial charge in [-0.05, 0) is 70.6 Å². The van der Waals surface area contributed by atoms with Crippen molar-refractivity contribution < 1.29 is 4.39 Å². The van der Waals surface area contributed by atoms with Crippen LogP contribution >= 0.6 is 0 Å². The Morgan fingerprint density at radius 2 is 1.62 bits per heavy atom. The van der Waals surface area contributed by atoms with Crippen LogP contribution in [0.4, 0.5) is 4.39 Å². The van der Waals surface area contributed by atoms with Gasteiger partial charge in [0.1, 0.15) is 11.9 Å². The Bertz CT molecular complexity index is 1670. The summed E-state index contributed by atoms with van der Waals surface area (Å²) < 4.78 is 15.3. The number of nitrogens with one attached hydrogen (secondary N) is 1. The van der Waals surface area contributed by atoms with Gasteiger partial charge < -0.3 is 4.98 Å². The summed E-state index contributed by atoms with van der Waals surface area (Å²) in [6.45, 7) is 8.55. The molecule has 3 aromatic carbocycles. The first kappa shape index (κ1) is 26.0. The number of nitrogens with zero attached hydrogens (tertiary/aromatic N) is 6. The van der Waals surface area contributed by atoms with E-state index < -0.39 is 6.04 Å². The molecular formula is C31H32FN7O. The molecule has 204 valence electrons. The second kappa shape index (κ2) is 11.1. The van der Waals surface area contributed by atoms with Crippen molar-refractivity contribution >= 4 is 10.9 Å². The molecule has 5 aromatic rings. The Morgan fingerprint density at radius 3 is 2.38 bits per heavy atom. The minimum atomic E-state index is -0.441. The molecule has 0 spiro atoms. The summed E-state index contributed by atoms with van der Waals surface area (Å²) in [6, 6.07) is 22.5. The average Bonchev–Trinajstić information content (AvgIpc) is 3.40. The van der Waals surface area contributed by atoms with Crippen molar-refractivity contribution in [1.82, 2.24) is 35.0 Å². The number of hydrogen-bond acceptors (Lipinski definition) is 6. The van der Waals surface area contributed by atoms with E-state index in [1.165, 1.54) is 17.7 Å². The molecule has 0 amide bonds. The Labute approximate surface area is 232 Å². The van der Waals surface area contributed by atoms with Crippen LogP contribution in [-0.4, -0.2) is 61.2 Å². The smallest absolute Gasteiger partial charge is 0.253 e. The minimum Gasteiger partial charge on any atom is -0.321 e. The van der Waals surface area contributed by atoms with Gasteiger partial charge >= 0.3 is 0 Å². The third-order valence-electron chi connectivity index (χ3n) is 7.69. The van der Waals surface area contributed by atoms with Crippen molar-refractivity contribution in [2.24, 2.45) is 0 Å². The number of aromatic nitrogens is 5. The molecule has 1 unspecified atom stereocenters. The highest BCUT2D eigenvalue weighted by Crippen LogP contribution is 2.29. The van der Waals surface area contributed by atoms with Crippen LogP contribution in [-0.2, 0) is 13.1 Å². The zero-order chi connectivity index (χ0) is 27.6. The first-order chi connectivity index (χ1) is 19.4. The lowest BCUT2D eigenvalue weighted by Crippen LogP contribution is -2.48. The molecule has 1 aliphatic heterocycles. The van der Waals surface area contributed by atoms with E-state index in [4.69, 9.17) is 0 Å². The molecule has 1 saturated heterocycles. The van der Waals surface area contributed by atoms with Gasteiger partial charge in [-0.15, -0.1) is 5.10 Å². The average molecular weight is 538 g/mol. The monoisotopic (exact) mass is 537 g/mol. The molecular weight excluding hydrogens is 505 g/mol. The normalized spacial score (nSPS) is 15.5. The Hall–Kier alpha value is -4.21. The van der Waals surface area contributed by atoms with Gasteiger partial charge in [-0.3, -0.25) is 14.6 Å². The van der Waals surface area contributed by atoms with Gasteiger partial charge in [0.15, 0.2) is 5.82 Å². The van der Waals surface area contributed by atoms with Crippen molar-refractivity contribution in [3.05, 3.63) is 123 Å².